The zero-order valence-corrected chi connectivity index (χ0v) is 16.2. The topological polar surface area (TPSA) is 90.9 Å². The van der Waals surface area contributed by atoms with E-state index in [0.29, 0.717) is 16.8 Å². The van der Waals surface area contributed by atoms with Crippen LogP contribution in [0.4, 0.5) is 10.1 Å². The molecule has 0 aromatic heterocycles. The van der Waals surface area contributed by atoms with E-state index in [2.05, 4.69) is 15.7 Å². The lowest BCUT2D eigenvalue weighted by molar-refractivity contribution is -0.132. The van der Waals surface area contributed by atoms with Crippen LogP contribution in [0.3, 0.4) is 0 Å². The van der Waals surface area contributed by atoms with E-state index in [1.807, 2.05) is 0 Å². The number of rotatable bonds is 6. The molecule has 0 bridgehead atoms. The molecule has 0 unspecified atom stereocenters. The Balaban J connectivity index is 1.48. The van der Waals surface area contributed by atoms with E-state index in [0.717, 1.165) is 12.8 Å². The Morgan fingerprint density at radius 1 is 1.03 bits per heavy atom. The monoisotopic (exact) mass is 408 g/mol. The Hall–Kier alpha value is -3.55. The molecule has 154 valence electrons. The number of anilines is 1. The van der Waals surface area contributed by atoms with Crippen molar-refractivity contribution in [1.82, 2.24) is 10.3 Å². The van der Waals surface area contributed by atoms with Crippen LogP contribution in [0.25, 0.3) is 0 Å². The summed E-state index contributed by atoms with van der Waals surface area (Å²) in [6.07, 6.45) is 2.29. The molecule has 1 heterocycles. The quantitative estimate of drug-likeness (QED) is 0.770. The second-order valence-electron chi connectivity index (χ2n) is 7.37. The molecule has 2 N–H and O–H groups in total. The molecule has 1 aliphatic heterocycles. The van der Waals surface area contributed by atoms with E-state index in [1.54, 1.807) is 36.4 Å². The summed E-state index contributed by atoms with van der Waals surface area (Å²) in [7, 11) is 0. The first kappa shape index (κ1) is 19.8. The Labute approximate surface area is 173 Å². The van der Waals surface area contributed by atoms with Gasteiger partial charge >= 0.3 is 0 Å². The molecular weight excluding hydrogens is 387 g/mol. The number of hydrogen-bond donors (Lipinski definition) is 2. The standard InChI is InChI=1S/C22H21FN4O3/c23-15-7-5-14(6-8-15)13-27-20(28)12-11-19(26-27)22(30)25-18-4-2-1-3-17(18)21(29)24-16-9-10-16/h1-8,16H,9-13H2,(H,24,29)(H,25,30). The fraction of sp³-hybridized carbons (Fsp3) is 0.273. The van der Waals surface area contributed by atoms with E-state index in [4.69, 9.17) is 0 Å². The normalized spacial score (nSPS) is 16.1. The molecule has 3 amide bonds. The Morgan fingerprint density at radius 3 is 2.50 bits per heavy atom. The molecule has 1 saturated carbocycles. The second kappa shape index (κ2) is 8.44. The van der Waals surface area contributed by atoms with Crippen molar-refractivity contribution in [3.05, 3.63) is 65.5 Å². The van der Waals surface area contributed by atoms with Gasteiger partial charge < -0.3 is 10.6 Å². The van der Waals surface area contributed by atoms with Crippen molar-refractivity contribution in [3.8, 4) is 0 Å². The third kappa shape index (κ3) is 4.71. The van der Waals surface area contributed by atoms with Gasteiger partial charge in [-0.25, -0.2) is 9.40 Å². The van der Waals surface area contributed by atoms with Gasteiger partial charge in [-0.05, 0) is 42.7 Å². The molecule has 0 saturated heterocycles. The van der Waals surface area contributed by atoms with Gasteiger partial charge in [0.15, 0.2) is 0 Å². The van der Waals surface area contributed by atoms with Crippen molar-refractivity contribution < 1.29 is 18.8 Å². The number of benzene rings is 2. The second-order valence-corrected chi connectivity index (χ2v) is 7.37. The first-order valence-electron chi connectivity index (χ1n) is 9.83. The molecule has 0 radical (unpaired) electrons. The van der Waals surface area contributed by atoms with Gasteiger partial charge in [-0.15, -0.1) is 0 Å². The number of nitrogens with one attached hydrogen (secondary N) is 2. The summed E-state index contributed by atoms with van der Waals surface area (Å²) in [5.74, 6) is -1.26. The average Bonchev–Trinajstić information content (AvgIpc) is 3.55. The maximum atomic E-state index is 13.1. The first-order chi connectivity index (χ1) is 14.5. The smallest absolute Gasteiger partial charge is 0.271 e. The number of nitrogens with zero attached hydrogens (tertiary/aromatic N) is 2. The zero-order chi connectivity index (χ0) is 21.1. The molecule has 0 spiro atoms. The van der Waals surface area contributed by atoms with Crippen LogP contribution < -0.4 is 10.6 Å². The molecule has 4 rings (SSSR count). The lowest BCUT2D eigenvalue weighted by atomic mass is 10.1. The van der Waals surface area contributed by atoms with Crippen LogP contribution in [0.1, 0.15) is 41.6 Å². The minimum Gasteiger partial charge on any atom is -0.349 e. The third-order valence-electron chi connectivity index (χ3n) is 4.95. The van der Waals surface area contributed by atoms with Crippen molar-refractivity contribution in [1.29, 1.82) is 0 Å². The maximum Gasteiger partial charge on any atom is 0.271 e. The number of para-hydroxylation sites is 1. The van der Waals surface area contributed by atoms with Gasteiger partial charge in [-0.1, -0.05) is 24.3 Å². The number of halogens is 1. The molecule has 1 fully saturated rings. The average molecular weight is 408 g/mol. The van der Waals surface area contributed by atoms with E-state index in [9.17, 15) is 18.8 Å². The van der Waals surface area contributed by atoms with Crippen LogP contribution in [0, 0.1) is 5.82 Å². The first-order valence-corrected chi connectivity index (χ1v) is 9.83. The summed E-state index contributed by atoms with van der Waals surface area (Å²) >= 11 is 0. The number of carbonyl (C=O) groups excluding carboxylic acids is 3. The number of carbonyl (C=O) groups is 3. The van der Waals surface area contributed by atoms with Crippen molar-refractivity contribution in [2.24, 2.45) is 5.10 Å². The third-order valence-corrected chi connectivity index (χ3v) is 4.95. The molecule has 30 heavy (non-hydrogen) atoms. The summed E-state index contributed by atoms with van der Waals surface area (Å²) in [6, 6.07) is 12.7. The van der Waals surface area contributed by atoms with Crippen LogP contribution in [0.5, 0.6) is 0 Å². The highest BCUT2D eigenvalue weighted by molar-refractivity contribution is 6.43. The van der Waals surface area contributed by atoms with Gasteiger partial charge in [0.25, 0.3) is 11.8 Å². The van der Waals surface area contributed by atoms with Crippen molar-refractivity contribution in [2.45, 2.75) is 38.3 Å². The van der Waals surface area contributed by atoms with Gasteiger partial charge in [-0.3, -0.25) is 14.4 Å². The van der Waals surface area contributed by atoms with Crippen LogP contribution in [0.2, 0.25) is 0 Å². The minimum absolute atomic E-state index is 0.149. The van der Waals surface area contributed by atoms with Gasteiger partial charge in [-0.2, -0.15) is 5.10 Å². The fourth-order valence-electron chi connectivity index (χ4n) is 3.13. The van der Waals surface area contributed by atoms with E-state index < -0.39 is 5.91 Å². The van der Waals surface area contributed by atoms with Gasteiger partial charge in [0.05, 0.1) is 17.8 Å². The van der Waals surface area contributed by atoms with E-state index >= 15 is 0 Å². The number of hydrazone groups is 1. The van der Waals surface area contributed by atoms with Gasteiger partial charge in [0.1, 0.15) is 11.5 Å². The summed E-state index contributed by atoms with van der Waals surface area (Å²) in [5, 5.41) is 11.1. The zero-order valence-electron chi connectivity index (χ0n) is 16.2. The number of amides is 3. The minimum atomic E-state index is -0.460. The lowest BCUT2D eigenvalue weighted by Gasteiger charge is -2.23. The largest absolute Gasteiger partial charge is 0.349 e. The SMILES string of the molecule is O=C(Nc1ccccc1C(=O)NC1CC1)C1=NN(Cc2ccc(F)cc2)C(=O)CC1. The summed E-state index contributed by atoms with van der Waals surface area (Å²) in [5.41, 5.74) is 1.69. The molecule has 2 aliphatic rings. The van der Waals surface area contributed by atoms with E-state index in [-0.39, 0.29) is 48.8 Å². The van der Waals surface area contributed by atoms with Crippen molar-refractivity contribution in [2.75, 3.05) is 5.32 Å². The highest BCUT2D eigenvalue weighted by Crippen LogP contribution is 2.22. The summed E-state index contributed by atoms with van der Waals surface area (Å²) < 4.78 is 13.1. The molecule has 2 aromatic rings. The summed E-state index contributed by atoms with van der Waals surface area (Å²) in [4.78, 5) is 37.4. The molecule has 8 heteroatoms. The van der Waals surface area contributed by atoms with Crippen molar-refractivity contribution in [3.63, 3.8) is 0 Å². The predicted octanol–water partition coefficient (Wildman–Crippen LogP) is 2.84. The number of hydrogen-bond acceptors (Lipinski definition) is 4. The maximum absolute atomic E-state index is 13.1. The Morgan fingerprint density at radius 2 is 1.77 bits per heavy atom. The highest BCUT2D eigenvalue weighted by Gasteiger charge is 2.27. The van der Waals surface area contributed by atoms with Gasteiger partial charge in [0, 0.05) is 18.9 Å². The van der Waals surface area contributed by atoms with E-state index in [1.165, 1.54) is 17.1 Å². The molecule has 1 aliphatic carbocycles. The Bertz CT molecular complexity index is 1020. The Kier molecular flexibility index (Phi) is 5.56. The lowest BCUT2D eigenvalue weighted by Crippen LogP contribution is -2.36. The summed E-state index contributed by atoms with van der Waals surface area (Å²) in [6.45, 7) is 0.149. The molecule has 7 nitrogen and oxygen atoms in total. The highest BCUT2D eigenvalue weighted by atomic mass is 19.1. The van der Waals surface area contributed by atoms with Crippen LogP contribution in [-0.4, -0.2) is 34.5 Å². The van der Waals surface area contributed by atoms with Crippen molar-refractivity contribution >= 4 is 29.1 Å². The fourth-order valence-corrected chi connectivity index (χ4v) is 3.13. The predicted molar refractivity (Wildman–Crippen MR) is 109 cm³/mol. The van der Waals surface area contributed by atoms with Crippen LogP contribution in [-0.2, 0) is 16.1 Å². The van der Waals surface area contributed by atoms with Crippen LogP contribution in [0.15, 0.2) is 53.6 Å². The van der Waals surface area contributed by atoms with Crippen LogP contribution >= 0.6 is 0 Å². The molecule has 2 aromatic carbocycles. The van der Waals surface area contributed by atoms with Gasteiger partial charge in [0.2, 0.25) is 5.91 Å². The molecular formula is C22H21FN4O3. The molecule has 0 atom stereocenters.